The highest BCUT2D eigenvalue weighted by molar-refractivity contribution is 5.73. The van der Waals surface area contributed by atoms with Crippen molar-refractivity contribution in [3.8, 4) is 5.75 Å². The van der Waals surface area contributed by atoms with Crippen LogP contribution in [0, 0.1) is 5.41 Å². The number of rotatable bonds is 7. The van der Waals surface area contributed by atoms with E-state index in [1.54, 1.807) is 13.8 Å². The number of aliphatic carboxylic acids is 1. The van der Waals surface area contributed by atoms with Gasteiger partial charge in [-0.25, -0.2) is 0 Å². The van der Waals surface area contributed by atoms with Crippen molar-refractivity contribution in [2.75, 3.05) is 6.61 Å². The fourth-order valence-electron chi connectivity index (χ4n) is 1.53. The lowest BCUT2D eigenvalue weighted by molar-refractivity contribution is -0.148. The third kappa shape index (κ3) is 4.91. The third-order valence-electron chi connectivity index (χ3n) is 3.10. The second-order valence-corrected chi connectivity index (χ2v) is 5.50. The number of nitrogens with two attached hydrogens (primary N) is 1. The molecule has 1 rings (SSSR count). The molecule has 0 aliphatic carbocycles. The predicted octanol–water partition coefficient (Wildman–Crippen LogP) is 2.46. The first-order chi connectivity index (χ1) is 8.85. The van der Waals surface area contributed by atoms with E-state index in [9.17, 15) is 4.79 Å². The molecule has 1 aromatic rings. The van der Waals surface area contributed by atoms with Gasteiger partial charge in [-0.3, -0.25) is 4.79 Å². The number of benzene rings is 1. The van der Waals surface area contributed by atoms with E-state index >= 15 is 0 Å². The number of ether oxygens (including phenoxy) is 1. The minimum absolute atomic E-state index is 0.144. The van der Waals surface area contributed by atoms with E-state index in [1.165, 1.54) is 0 Å². The Morgan fingerprint density at radius 2 is 2.16 bits per heavy atom. The molecule has 3 N–H and O–H groups in total. The van der Waals surface area contributed by atoms with Crippen LogP contribution >= 0.6 is 0 Å². The number of carboxylic acids is 1. The molecule has 0 heterocycles. The van der Waals surface area contributed by atoms with Gasteiger partial charge < -0.3 is 15.6 Å². The van der Waals surface area contributed by atoms with Gasteiger partial charge in [0.1, 0.15) is 12.4 Å². The summed E-state index contributed by atoms with van der Waals surface area (Å²) in [4.78, 5) is 11.0. The van der Waals surface area contributed by atoms with Gasteiger partial charge in [0.05, 0.1) is 5.41 Å². The van der Waals surface area contributed by atoms with Gasteiger partial charge in [-0.1, -0.05) is 19.1 Å². The van der Waals surface area contributed by atoms with Crippen molar-refractivity contribution in [2.24, 2.45) is 11.1 Å². The van der Waals surface area contributed by atoms with E-state index in [2.05, 4.69) is 6.92 Å². The summed E-state index contributed by atoms with van der Waals surface area (Å²) < 4.78 is 5.57. The number of hydrogen-bond donors (Lipinski definition) is 2. The van der Waals surface area contributed by atoms with Gasteiger partial charge in [-0.05, 0) is 44.4 Å². The van der Waals surface area contributed by atoms with Crippen molar-refractivity contribution in [1.29, 1.82) is 0 Å². The zero-order valence-electron chi connectivity index (χ0n) is 11.8. The molecule has 1 unspecified atom stereocenters. The molecule has 1 aromatic carbocycles. The van der Waals surface area contributed by atoms with Crippen LogP contribution in [0.5, 0.6) is 5.75 Å². The van der Waals surface area contributed by atoms with Crippen LogP contribution in [-0.4, -0.2) is 23.7 Å². The fourth-order valence-corrected chi connectivity index (χ4v) is 1.53. The minimum Gasteiger partial charge on any atom is -0.492 e. The van der Waals surface area contributed by atoms with Crippen LogP contribution in [0.25, 0.3) is 0 Å². The van der Waals surface area contributed by atoms with Crippen molar-refractivity contribution < 1.29 is 14.6 Å². The molecule has 0 aromatic heterocycles. The molecular formula is C15H23NO3. The second kappa shape index (κ2) is 6.57. The maximum absolute atomic E-state index is 11.0. The number of hydrogen-bond acceptors (Lipinski definition) is 3. The molecule has 0 bridgehead atoms. The monoisotopic (exact) mass is 265 g/mol. The Hall–Kier alpha value is -1.55. The Bertz CT molecular complexity index is 429. The first kappa shape index (κ1) is 15.5. The third-order valence-corrected chi connectivity index (χ3v) is 3.10. The van der Waals surface area contributed by atoms with Gasteiger partial charge in [-0.2, -0.15) is 0 Å². The smallest absolute Gasteiger partial charge is 0.312 e. The van der Waals surface area contributed by atoms with Crippen molar-refractivity contribution in [1.82, 2.24) is 0 Å². The summed E-state index contributed by atoms with van der Waals surface area (Å²) in [7, 11) is 0. The van der Waals surface area contributed by atoms with Crippen LogP contribution in [0.2, 0.25) is 0 Å². The standard InChI is InChI=1S/C15H23NO3/c1-4-12(16)8-11-6-5-7-13(9-11)19-10-15(2,3)14(17)18/h5-7,9,12H,4,8,10,16H2,1-3H3,(H,17,18). The molecule has 106 valence electrons. The Labute approximate surface area is 114 Å². The normalized spacial score (nSPS) is 13.1. The maximum Gasteiger partial charge on any atom is 0.312 e. The van der Waals surface area contributed by atoms with Gasteiger partial charge in [0.25, 0.3) is 0 Å². The van der Waals surface area contributed by atoms with Gasteiger partial charge in [-0.15, -0.1) is 0 Å². The summed E-state index contributed by atoms with van der Waals surface area (Å²) in [5.41, 5.74) is 6.14. The zero-order chi connectivity index (χ0) is 14.5. The maximum atomic E-state index is 11.0. The molecule has 0 spiro atoms. The second-order valence-electron chi connectivity index (χ2n) is 5.50. The van der Waals surface area contributed by atoms with Gasteiger partial charge in [0.2, 0.25) is 0 Å². The van der Waals surface area contributed by atoms with E-state index in [1.807, 2.05) is 24.3 Å². The SMILES string of the molecule is CCC(N)Cc1cccc(OCC(C)(C)C(=O)O)c1. The molecule has 0 aliphatic heterocycles. The van der Waals surface area contributed by atoms with Gasteiger partial charge in [0.15, 0.2) is 0 Å². The average molecular weight is 265 g/mol. The summed E-state index contributed by atoms with van der Waals surface area (Å²) in [6, 6.07) is 7.81. The van der Waals surface area contributed by atoms with E-state index in [-0.39, 0.29) is 12.6 Å². The summed E-state index contributed by atoms with van der Waals surface area (Å²) in [6.45, 7) is 5.49. The number of carboxylic acid groups (broad SMARTS) is 1. The summed E-state index contributed by atoms with van der Waals surface area (Å²) in [5.74, 6) is -0.174. The van der Waals surface area contributed by atoms with Crippen molar-refractivity contribution in [2.45, 2.75) is 39.7 Å². The fraction of sp³-hybridized carbons (Fsp3) is 0.533. The minimum atomic E-state index is -0.893. The Morgan fingerprint density at radius 1 is 1.47 bits per heavy atom. The molecule has 4 heteroatoms. The van der Waals surface area contributed by atoms with E-state index in [0.717, 1.165) is 18.4 Å². The van der Waals surface area contributed by atoms with Crippen LogP contribution in [0.4, 0.5) is 0 Å². The highest BCUT2D eigenvalue weighted by Gasteiger charge is 2.28. The largest absolute Gasteiger partial charge is 0.492 e. The van der Waals surface area contributed by atoms with Crippen LogP contribution < -0.4 is 10.5 Å². The molecule has 0 fully saturated rings. The van der Waals surface area contributed by atoms with Gasteiger partial charge in [0, 0.05) is 6.04 Å². The Morgan fingerprint density at radius 3 is 2.74 bits per heavy atom. The lowest BCUT2D eigenvalue weighted by atomic mass is 9.95. The Balaban J connectivity index is 2.65. The molecule has 0 saturated heterocycles. The lowest BCUT2D eigenvalue weighted by Gasteiger charge is -2.20. The van der Waals surface area contributed by atoms with Crippen LogP contribution in [-0.2, 0) is 11.2 Å². The van der Waals surface area contributed by atoms with Crippen LogP contribution in [0.1, 0.15) is 32.8 Å². The molecular weight excluding hydrogens is 242 g/mol. The van der Waals surface area contributed by atoms with Crippen molar-refractivity contribution in [3.63, 3.8) is 0 Å². The van der Waals surface area contributed by atoms with Crippen LogP contribution in [0.3, 0.4) is 0 Å². The topological polar surface area (TPSA) is 72.5 Å². The molecule has 19 heavy (non-hydrogen) atoms. The molecule has 1 atom stereocenters. The summed E-state index contributed by atoms with van der Waals surface area (Å²) in [5, 5.41) is 9.03. The number of carbonyl (C=O) groups is 1. The summed E-state index contributed by atoms with van der Waals surface area (Å²) in [6.07, 6.45) is 1.73. The quantitative estimate of drug-likeness (QED) is 0.794. The molecule has 4 nitrogen and oxygen atoms in total. The van der Waals surface area contributed by atoms with Gasteiger partial charge >= 0.3 is 5.97 Å². The Kier molecular flexibility index (Phi) is 5.36. The summed E-state index contributed by atoms with van der Waals surface area (Å²) >= 11 is 0. The highest BCUT2D eigenvalue weighted by atomic mass is 16.5. The van der Waals surface area contributed by atoms with E-state index in [4.69, 9.17) is 15.6 Å². The average Bonchev–Trinajstić information content (AvgIpc) is 2.36. The lowest BCUT2D eigenvalue weighted by Crippen LogP contribution is -2.30. The molecule has 0 aliphatic rings. The highest BCUT2D eigenvalue weighted by Crippen LogP contribution is 2.20. The van der Waals surface area contributed by atoms with E-state index < -0.39 is 11.4 Å². The van der Waals surface area contributed by atoms with Crippen molar-refractivity contribution in [3.05, 3.63) is 29.8 Å². The van der Waals surface area contributed by atoms with E-state index in [0.29, 0.717) is 5.75 Å². The molecule has 0 saturated carbocycles. The molecule has 0 radical (unpaired) electrons. The predicted molar refractivity (Wildman–Crippen MR) is 75.3 cm³/mol. The van der Waals surface area contributed by atoms with Crippen LogP contribution in [0.15, 0.2) is 24.3 Å². The van der Waals surface area contributed by atoms with Crippen molar-refractivity contribution >= 4 is 5.97 Å². The molecule has 0 amide bonds. The first-order valence-corrected chi connectivity index (χ1v) is 6.56. The zero-order valence-corrected chi connectivity index (χ0v) is 11.8. The first-order valence-electron chi connectivity index (χ1n) is 6.56.